The summed E-state index contributed by atoms with van der Waals surface area (Å²) in [5.41, 5.74) is -0.581. The van der Waals surface area contributed by atoms with Crippen LogP contribution in [0.2, 0.25) is 0 Å². The van der Waals surface area contributed by atoms with Gasteiger partial charge in [-0.2, -0.15) is 0 Å². The zero-order chi connectivity index (χ0) is 14.8. The molecule has 5 heteroatoms. The standard InChI is InChI=1S/C15H19NO3S/c1-15(2,3)19-14(18)16-10-12(9-13(16)17)20-11-7-5-4-6-8-11/h4-8,12H,9-10H2,1-3H3. The van der Waals surface area contributed by atoms with E-state index in [2.05, 4.69) is 0 Å². The lowest BCUT2D eigenvalue weighted by Gasteiger charge is -2.23. The fourth-order valence-electron chi connectivity index (χ4n) is 1.94. The minimum Gasteiger partial charge on any atom is -0.443 e. The predicted octanol–water partition coefficient (Wildman–Crippen LogP) is 3.31. The molecule has 0 radical (unpaired) electrons. The van der Waals surface area contributed by atoms with Gasteiger partial charge in [0.05, 0.1) is 0 Å². The van der Waals surface area contributed by atoms with E-state index in [-0.39, 0.29) is 11.2 Å². The second-order valence-corrected chi connectivity index (χ2v) is 7.12. The van der Waals surface area contributed by atoms with Crippen molar-refractivity contribution in [2.24, 2.45) is 0 Å². The lowest BCUT2D eigenvalue weighted by Crippen LogP contribution is -2.37. The van der Waals surface area contributed by atoms with Gasteiger partial charge in [0.25, 0.3) is 0 Å². The van der Waals surface area contributed by atoms with Gasteiger partial charge in [-0.1, -0.05) is 18.2 Å². The van der Waals surface area contributed by atoms with Gasteiger partial charge in [0.2, 0.25) is 5.91 Å². The highest BCUT2D eigenvalue weighted by molar-refractivity contribution is 8.00. The molecule has 1 aliphatic rings. The van der Waals surface area contributed by atoms with Gasteiger partial charge < -0.3 is 4.74 Å². The molecule has 1 fully saturated rings. The summed E-state index contributed by atoms with van der Waals surface area (Å²) in [7, 11) is 0. The maximum Gasteiger partial charge on any atom is 0.417 e. The number of rotatable bonds is 2. The highest BCUT2D eigenvalue weighted by Gasteiger charge is 2.36. The molecule has 1 aliphatic heterocycles. The van der Waals surface area contributed by atoms with Crippen molar-refractivity contribution >= 4 is 23.8 Å². The summed E-state index contributed by atoms with van der Waals surface area (Å²) in [6.45, 7) is 5.79. The van der Waals surface area contributed by atoms with E-state index in [0.29, 0.717) is 13.0 Å². The molecular weight excluding hydrogens is 274 g/mol. The average molecular weight is 293 g/mol. The van der Waals surface area contributed by atoms with Crippen LogP contribution in [0.15, 0.2) is 35.2 Å². The molecule has 0 spiro atoms. The second-order valence-electron chi connectivity index (χ2n) is 5.74. The number of carbonyl (C=O) groups excluding carboxylic acids is 2. The Kier molecular flexibility index (Phi) is 4.38. The van der Waals surface area contributed by atoms with Crippen LogP contribution in [-0.4, -0.2) is 34.3 Å². The molecule has 0 aromatic heterocycles. The summed E-state index contributed by atoms with van der Waals surface area (Å²) in [6, 6.07) is 9.89. The smallest absolute Gasteiger partial charge is 0.417 e. The van der Waals surface area contributed by atoms with Gasteiger partial charge >= 0.3 is 6.09 Å². The number of nitrogens with zero attached hydrogens (tertiary/aromatic N) is 1. The first-order chi connectivity index (χ1) is 9.35. The number of imide groups is 1. The Morgan fingerprint density at radius 3 is 2.55 bits per heavy atom. The zero-order valence-electron chi connectivity index (χ0n) is 12.0. The van der Waals surface area contributed by atoms with Crippen molar-refractivity contribution in [3.05, 3.63) is 30.3 Å². The quantitative estimate of drug-likeness (QED) is 0.839. The fraction of sp³-hybridized carbons (Fsp3) is 0.467. The van der Waals surface area contributed by atoms with E-state index < -0.39 is 11.7 Å². The van der Waals surface area contributed by atoms with Crippen molar-refractivity contribution in [2.45, 2.75) is 42.9 Å². The highest BCUT2D eigenvalue weighted by Crippen LogP contribution is 2.30. The van der Waals surface area contributed by atoms with Crippen LogP contribution in [0.25, 0.3) is 0 Å². The molecule has 2 amide bonds. The SMILES string of the molecule is CC(C)(C)OC(=O)N1CC(Sc2ccccc2)CC1=O. The molecule has 1 unspecified atom stereocenters. The summed E-state index contributed by atoms with van der Waals surface area (Å²) < 4.78 is 5.25. The minimum absolute atomic E-state index is 0.0948. The summed E-state index contributed by atoms with van der Waals surface area (Å²) in [5, 5.41) is 0.0948. The van der Waals surface area contributed by atoms with Gasteiger partial charge in [0, 0.05) is 23.1 Å². The second kappa shape index (κ2) is 5.87. The fourth-order valence-corrected chi connectivity index (χ4v) is 3.09. The van der Waals surface area contributed by atoms with Crippen molar-refractivity contribution in [3.63, 3.8) is 0 Å². The zero-order valence-corrected chi connectivity index (χ0v) is 12.8. The molecule has 4 nitrogen and oxygen atoms in total. The van der Waals surface area contributed by atoms with E-state index >= 15 is 0 Å². The van der Waals surface area contributed by atoms with Crippen LogP contribution >= 0.6 is 11.8 Å². The minimum atomic E-state index is -0.581. The molecule has 0 bridgehead atoms. The number of hydrogen-bond donors (Lipinski definition) is 0. The van der Waals surface area contributed by atoms with E-state index in [1.54, 1.807) is 32.5 Å². The monoisotopic (exact) mass is 293 g/mol. The van der Waals surface area contributed by atoms with Gasteiger partial charge in [0.1, 0.15) is 5.60 Å². The first-order valence-electron chi connectivity index (χ1n) is 6.60. The third-order valence-electron chi connectivity index (χ3n) is 2.75. The lowest BCUT2D eigenvalue weighted by molar-refractivity contribution is -0.126. The molecule has 0 saturated carbocycles. The van der Waals surface area contributed by atoms with Crippen LogP contribution in [0.1, 0.15) is 27.2 Å². The van der Waals surface area contributed by atoms with Gasteiger partial charge in [-0.05, 0) is 32.9 Å². The summed E-state index contributed by atoms with van der Waals surface area (Å²) >= 11 is 1.62. The topological polar surface area (TPSA) is 46.6 Å². The average Bonchev–Trinajstić information content (AvgIpc) is 2.69. The van der Waals surface area contributed by atoms with Crippen LogP contribution in [-0.2, 0) is 9.53 Å². The number of likely N-dealkylation sites (tertiary alicyclic amines) is 1. The summed E-state index contributed by atoms with van der Waals surface area (Å²) in [6.07, 6.45) is -0.169. The first kappa shape index (κ1) is 14.9. The number of thioether (sulfide) groups is 1. The third kappa shape index (κ3) is 4.00. The molecule has 1 atom stereocenters. The number of ether oxygens (including phenoxy) is 1. The molecule has 0 N–H and O–H groups in total. The van der Waals surface area contributed by atoms with Crippen LogP contribution < -0.4 is 0 Å². The Labute approximate surface area is 123 Å². The Hall–Kier alpha value is -1.49. The number of carbonyl (C=O) groups is 2. The third-order valence-corrected chi connectivity index (χ3v) is 3.94. The van der Waals surface area contributed by atoms with Gasteiger partial charge in [0.15, 0.2) is 0 Å². The number of benzene rings is 1. The van der Waals surface area contributed by atoms with Crippen molar-refractivity contribution in [3.8, 4) is 0 Å². The van der Waals surface area contributed by atoms with E-state index in [1.165, 1.54) is 4.90 Å². The van der Waals surface area contributed by atoms with E-state index in [4.69, 9.17) is 4.74 Å². The summed E-state index contributed by atoms with van der Waals surface area (Å²) in [5.74, 6) is -0.160. The van der Waals surface area contributed by atoms with Crippen LogP contribution in [0.4, 0.5) is 4.79 Å². The Balaban J connectivity index is 1.95. The molecule has 1 heterocycles. The maximum absolute atomic E-state index is 11.9. The molecule has 20 heavy (non-hydrogen) atoms. The normalized spacial score (nSPS) is 19.2. The van der Waals surface area contributed by atoms with Gasteiger partial charge in [-0.15, -0.1) is 11.8 Å². The highest BCUT2D eigenvalue weighted by atomic mass is 32.2. The van der Waals surface area contributed by atoms with Gasteiger partial charge in [-0.3, -0.25) is 4.79 Å². The van der Waals surface area contributed by atoms with E-state index in [0.717, 1.165) is 4.90 Å². The predicted molar refractivity (Wildman–Crippen MR) is 78.7 cm³/mol. The Bertz CT molecular complexity index is 496. The molecular formula is C15H19NO3S. The molecule has 108 valence electrons. The van der Waals surface area contributed by atoms with Crippen LogP contribution in [0.3, 0.4) is 0 Å². The molecule has 1 aromatic rings. The van der Waals surface area contributed by atoms with Crippen LogP contribution in [0.5, 0.6) is 0 Å². The van der Waals surface area contributed by atoms with Crippen LogP contribution in [0, 0.1) is 0 Å². The largest absolute Gasteiger partial charge is 0.443 e. The van der Waals surface area contributed by atoms with Crippen molar-refractivity contribution in [1.82, 2.24) is 4.90 Å². The molecule has 0 aliphatic carbocycles. The number of hydrogen-bond acceptors (Lipinski definition) is 4. The van der Waals surface area contributed by atoms with E-state index in [9.17, 15) is 9.59 Å². The van der Waals surface area contributed by atoms with Crippen molar-refractivity contribution in [2.75, 3.05) is 6.54 Å². The number of amides is 2. The van der Waals surface area contributed by atoms with Crippen molar-refractivity contribution < 1.29 is 14.3 Å². The maximum atomic E-state index is 11.9. The van der Waals surface area contributed by atoms with Crippen molar-refractivity contribution in [1.29, 1.82) is 0 Å². The van der Waals surface area contributed by atoms with E-state index in [1.807, 2.05) is 30.3 Å². The lowest BCUT2D eigenvalue weighted by atomic mass is 10.2. The molecule has 1 aromatic carbocycles. The molecule has 1 saturated heterocycles. The summed E-state index contributed by atoms with van der Waals surface area (Å²) in [4.78, 5) is 26.2. The Morgan fingerprint density at radius 1 is 1.30 bits per heavy atom. The first-order valence-corrected chi connectivity index (χ1v) is 7.48. The Morgan fingerprint density at radius 2 is 1.95 bits per heavy atom. The van der Waals surface area contributed by atoms with Gasteiger partial charge in [-0.25, -0.2) is 9.69 Å². The molecule has 2 rings (SSSR count).